The van der Waals surface area contributed by atoms with Crippen molar-refractivity contribution in [3.8, 4) is 0 Å². The smallest absolute Gasteiger partial charge is 0.330 e. The SMILES string of the molecule is CCCCOC(=O)/C=C/c1cccc(Br)c1N(C)S(=O)(=O)c1ccccn1. The Morgan fingerprint density at radius 3 is 2.70 bits per heavy atom. The number of esters is 1. The Kier molecular flexibility index (Phi) is 7.55. The molecule has 0 aliphatic heterocycles. The van der Waals surface area contributed by atoms with Crippen LogP contribution in [0.5, 0.6) is 0 Å². The van der Waals surface area contributed by atoms with Gasteiger partial charge in [0, 0.05) is 29.4 Å². The molecule has 2 aromatic rings. The summed E-state index contributed by atoms with van der Waals surface area (Å²) in [5.41, 5.74) is 0.958. The van der Waals surface area contributed by atoms with Crippen molar-refractivity contribution in [2.24, 2.45) is 0 Å². The van der Waals surface area contributed by atoms with E-state index < -0.39 is 16.0 Å². The van der Waals surface area contributed by atoms with Crippen molar-refractivity contribution in [3.63, 3.8) is 0 Å². The van der Waals surface area contributed by atoms with E-state index in [1.165, 1.54) is 25.4 Å². The summed E-state index contributed by atoms with van der Waals surface area (Å²) < 4.78 is 32.6. The first kappa shape index (κ1) is 21.1. The molecule has 2 rings (SSSR count). The highest BCUT2D eigenvalue weighted by Crippen LogP contribution is 2.33. The molecule has 1 aromatic heterocycles. The number of aromatic nitrogens is 1. The Morgan fingerprint density at radius 1 is 1.26 bits per heavy atom. The average Bonchev–Trinajstić information content (AvgIpc) is 2.66. The van der Waals surface area contributed by atoms with Crippen LogP contribution < -0.4 is 4.31 Å². The Bertz CT molecular complexity index is 915. The minimum absolute atomic E-state index is 0.0582. The highest BCUT2D eigenvalue weighted by Gasteiger charge is 2.25. The third kappa shape index (κ3) is 5.40. The predicted molar refractivity (Wildman–Crippen MR) is 109 cm³/mol. The minimum Gasteiger partial charge on any atom is -0.463 e. The third-order valence-corrected chi connectivity index (χ3v) is 6.05. The van der Waals surface area contributed by atoms with Gasteiger partial charge in [-0.05, 0) is 46.6 Å². The maximum atomic E-state index is 12.9. The quantitative estimate of drug-likeness (QED) is 0.343. The molecule has 0 radical (unpaired) electrons. The van der Waals surface area contributed by atoms with Crippen LogP contribution in [0.3, 0.4) is 0 Å². The number of unbranched alkanes of at least 4 members (excludes halogenated alkanes) is 1. The number of halogens is 1. The summed E-state index contributed by atoms with van der Waals surface area (Å²) in [6.45, 7) is 2.37. The van der Waals surface area contributed by atoms with Crippen molar-refractivity contribution in [2.75, 3.05) is 18.0 Å². The maximum Gasteiger partial charge on any atom is 0.330 e. The highest BCUT2D eigenvalue weighted by atomic mass is 79.9. The lowest BCUT2D eigenvalue weighted by Crippen LogP contribution is -2.28. The Balaban J connectivity index is 2.33. The van der Waals surface area contributed by atoms with Gasteiger partial charge in [0.25, 0.3) is 10.0 Å². The second-order valence-electron chi connectivity index (χ2n) is 5.67. The molecule has 1 heterocycles. The largest absolute Gasteiger partial charge is 0.463 e. The predicted octanol–water partition coefficient (Wildman–Crippen LogP) is 4.03. The average molecular weight is 453 g/mol. The van der Waals surface area contributed by atoms with Gasteiger partial charge in [0.15, 0.2) is 5.03 Å². The summed E-state index contributed by atoms with van der Waals surface area (Å²) in [7, 11) is -2.41. The Labute approximate surface area is 168 Å². The number of rotatable bonds is 8. The number of anilines is 1. The number of sulfonamides is 1. The second kappa shape index (κ2) is 9.66. The molecular formula is C19H21BrN2O4S. The monoisotopic (exact) mass is 452 g/mol. The molecule has 144 valence electrons. The lowest BCUT2D eigenvalue weighted by atomic mass is 10.1. The van der Waals surface area contributed by atoms with Crippen molar-refractivity contribution in [2.45, 2.75) is 24.8 Å². The van der Waals surface area contributed by atoms with Crippen LogP contribution in [0.15, 0.2) is 58.2 Å². The third-order valence-electron chi connectivity index (χ3n) is 3.74. The number of hydrogen-bond donors (Lipinski definition) is 0. The molecule has 0 saturated carbocycles. The van der Waals surface area contributed by atoms with E-state index >= 15 is 0 Å². The fourth-order valence-corrected chi connectivity index (χ4v) is 4.22. The number of carbonyl (C=O) groups excluding carboxylic acids is 1. The molecule has 27 heavy (non-hydrogen) atoms. The molecule has 0 amide bonds. The molecular weight excluding hydrogens is 432 g/mol. The zero-order valence-corrected chi connectivity index (χ0v) is 17.5. The summed E-state index contributed by atoms with van der Waals surface area (Å²) >= 11 is 3.39. The van der Waals surface area contributed by atoms with Crippen molar-refractivity contribution >= 4 is 43.7 Å². The standard InChI is InChI=1S/C19H21BrN2O4S/c1-3-4-14-26-18(23)12-11-15-8-7-9-16(20)19(15)22(2)27(24,25)17-10-5-6-13-21-17/h5-13H,3-4,14H2,1-2H3/b12-11+. The van der Waals surface area contributed by atoms with E-state index in [0.717, 1.165) is 17.1 Å². The van der Waals surface area contributed by atoms with Crippen LogP contribution in [0.4, 0.5) is 5.69 Å². The van der Waals surface area contributed by atoms with E-state index in [0.29, 0.717) is 22.3 Å². The summed E-state index contributed by atoms with van der Waals surface area (Å²) in [5.74, 6) is -0.468. The normalized spacial score (nSPS) is 11.5. The molecule has 0 aliphatic carbocycles. The van der Waals surface area contributed by atoms with Gasteiger partial charge in [-0.15, -0.1) is 0 Å². The maximum absolute atomic E-state index is 12.9. The molecule has 1 aromatic carbocycles. The van der Waals surface area contributed by atoms with Crippen molar-refractivity contribution in [1.29, 1.82) is 0 Å². The van der Waals surface area contributed by atoms with Crippen LogP contribution in [0, 0.1) is 0 Å². The minimum atomic E-state index is -3.85. The highest BCUT2D eigenvalue weighted by molar-refractivity contribution is 9.10. The van der Waals surface area contributed by atoms with Gasteiger partial charge in [-0.2, -0.15) is 8.42 Å². The van der Waals surface area contributed by atoms with Crippen molar-refractivity contribution in [1.82, 2.24) is 4.98 Å². The summed E-state index contributed by atoms with van der Waals surface area (Å²) in [6, 6.07) is 9.91. The lowest BCUT2D eigenvalue weighted by molar-refractivity contribution is -0.137. The summed E-state index contributed by atoms with van der Waals surface area (Å²) in [6.07, 6.45) is 5.99. The van der Waals surface area contributed by atoms with Crippen molar-refractivity contribution in [3.05, 3.63) is 58.7 Å². The molecule has 0 N–H and O–H groups in total. The topological polar surface area (TPSA) is 76.6 Å². The number of carbonyl (C=O) groups is 1. The second-order valence-corrected chi connectivity index (χ2v) is 8.44. The van der Waals surface area contributed by atoms with Gasteiger partial charge in [-0.1, -0.05) is 31.5 Å². The fraction of sp³-hybridized carbons (Fsp3) is 0.263. The molecule has 0 aliphatic rings. The summed E-state index contributed by atoms with van der Waals surface area (Å²) in [4.78, 5) is 15.7. The van der Waals surface area contributed by atoms with E-state index in [1.54, 1.807) is 36.4 Å². The molecule has 0 spiro atoms. The fourth-order valence-electron chi connectivity index (χ4n) is 2.28. The van der Waals surface area contributed by atoms with Crippen LogP contribution in [0.2, 0.25) is 0 Å². The zero-order chi connectivity index (χ0) is 19.9. The molecule has 0 bridgehead atoms. The van der Waals surface area contributed by atoms with Gasteiger partial charge in [0.05, 0.1) is 12.3 Å². The lowest BCUT2D eigenvalue weighted by Gasteiger charge is -2.22. The van der Waals surface area contributed by atoms with Gasteiger partial charge >= 0.3 is 5.97 Å². The van der Waals surface area contributed by atoms with Crippen LogP contribution in [-0.4, -0.2) is 33.0 Å². The van der Waals surface area contributed by atoms with Crippen LogP contribution >= 0.6 is 15.9 Å². The number of para-hydroxylation sites is 1. The summed E-state index contributed by atoms with van der Waals surface area (Å²) in [5, 5.41) is -0.0582. The van der Waals surface area contributed by atoms with Gasteiger partial charge < -0.3 is 4.74 Å². The molecule has 0 saturated heterocycles. The van der Waals surface area contributed by atoms with Crippen LogP contribution in [-0.2, 0) is 19.6 Å². The van der Waals surface area contributed by atoms with E-state index in [-0.39, 0.29) is 5.03 Å². The van der Waals surface area contributed by atoms with Crippen molar-refractivity contribution < 1.29 is 17.9 Å². The van der Waals surface area contributed by atoms with Gasteiger partial charge in [-0.3, -0.25) is 4.31 Å². The van der Waals surface area contributed by atoms with E-state index in [2.05, 4.69) is 20.9 Å². The van der Waals surface area contributed by atoms with Gasteiger partial charge in [0.2, 0.25) is 0 Å². The molecule has 8 heteroatoms. The van der Waals surface area contributed by atoms with E-state index in [4.69, 9.17) is 4.74 Å². The molecule has 0 fully saturated rings. The first-order chi connectivity index (χ1) is 12.9. The molecule has 0 atom stereocenters. The molecule has 6 nitrogen and oxygen atoms in total. The first-order valence-electron chi connectivity index (χ1n) is 8.41. The van der Waals surface area contributed by atoms with Gasteiger partial charge in [-0.25, -0.2) is 9.78 Å². The number of hydrogen-bond acceptors (Lipinski definition) is 5. The Morgan fingerprint density at radius 2 is 2.04 bits per heavy atom. The van der Waals surface area contributed by atoms with Crippen LogP contribution in [0.1, 0.15) is 25.3 Å². The number of benzene rings is 1. The molecule has 0 unspecified atom stereocenters. The zero-order valence-electron chi connectivity index (χ0n) is 15.1. The van der Waals surface area contributed by atoms with E-state index in [9.17, 15) is 13.2 Å². The number of nitrogens with zero attached hydrogens (tertiary/aromatic N) is 2. The number of ether oxygens (including phenoxy) is 1. The number of pyridine rings is 1. The first-order valence-corrected chi connectivity index (χ1v) is 10.6. The van der Waals surface area contributed by atoms with E-state index in [1.807, 2.05) is 6.92 Å². The van der Waals surface area contributed by atoms with Gasteiger partial charge in [0.1, 0.15) is 0 Å². The Hall–Kier alpha value is -2.19. The van der Waals surface area contributed by atoms with Crippen LogP contribution in [0.25, 0.3) is 6.08 Å².